The molecular weight excluding hydrogens is 399 g/mol. The number of nitrogens with one attached hydrogen (secondary N) is 1. The van der Waals surface area contributed by atoms with Crippen LogP contribution >= 0.6 is 11.6 Å². The van der Waals surface area contributed by atoms with E-state index in [2.05, 4.69) is 21.4 Å². The Morgan fingerprint density at radius 3 is 2.73 bits per heavy atom. The molecule has 1 N–H and O–H groups in total. The van der Waals surface area contributed by atoms with E-state index in [1.54, 1.807) is 24.5 Å². The van der Waals surface area contributed by atoms with Gasteiger partial charge in [0.05, 0.1) is 16.9 Å². The standard InChI is InChI=1S/C24H26ClFN4/c1-30(16-17-6-5-7-19(26)10-17)21-11-18(13-27-14-21)22-12-24(28-15-23(22)25)29-20-8-3-2-4-9-20/h5-7,10-15,20H,2-4,8-9,16H2,1H3,(H,28,29). The van der Waals surface area contributed by atoms with E-state index in [1.165, 1.54) is 38.2 Å². The second-order valence-electron chi connectivity index (χ2n) is 7.95. The second-order valence-corrected chi connectivity index (χ2v) is 8.35. The van der Waals surface area contributed by atoms with Gasteiger partial charge in [0.2, 0.25) is 0 Å². The summed E-state index contributed by atoms with van der Waals surface area (Å²) in [6.07, 6.45) is 11.5. The lowest BCUT2D eigenvalue weighted by Crippen LogP contribution is -2.22. The number of rotatable bonds is 6. The first-order chi connectivity index (χ1) is 14.6. The SMILES string of the molecule is CN(Cc1cccc(F)c1)c1cncc(-c2cc(NC3CCCCC3)ncc2Cl)c1. The molecule has 1 fully saturated rings. The molecule has 3 aromatic rings. The van der Waals surface area contributed by atoms with E-state index in [4.69, 9.17) is 11.6 Å². The van der Waals surface area contributed by atoms with E-state index in [0.29, 0.717) is 17.6 Å². The topological polar surface area (TPSA) is 41.1 Å². The maximum atomic E-state index is 13.5. The Morgan fingerprint density at radius 1 is 1.10 bits per heavy atom. The lowest BCUT2D eigenvalue weighted by atomic mass is 9.95. The van der Waals surface area contributed by atoms with Crippen molar-refractivity contribution < 1.29 is 4.39 Å². The molecular formula is C24H26ClFN4. The third-order valence-corrected chi connectivity index (χ3v) is 5.90. The molecule has 0 atom stereocenters. The van der Waals surface area contributed by atoms with Crippen molar-refractivity contribution in [3.05, 3.63) is 71.4 Å². The van der Waals surface area contributed by atoms with E-state index in [0.717, 1.165) is 28.2 Å². The van der Waals surface area contributed by atoms with Gasteiger partial charge in [0.1, 0.15) is 11.6 Å². The maximum absolute atomic E-state index is 13.5. The fourth-order valence-electron chi connectivity index (χ4n) is 3.98. The van der Waals surface area contributed by atoms with Gasteiger partial charge in [-0.25, -0.2) is 9.37 Å². The number of nitrogens with zero attached hydrogens (tertiary/aromatic N) is 3. The minimum absolute atomic E-state index is 0.227. The smallest absolute Gasteiger partial charge is 0.126 e. The third-order valence-electron chi connectivity index (χ3n) is 5.60. The van der Waals surface area contributed by atoms with Crippen LogP contribution in [0.15, 0.2) is 55.0 Å². The van der Waals surface area contributed by atoms with E-state index < -0.39 is 0 Å². The molecule has 4 rings (SSSR count). The van der Waals surface area contributed by atoms with Gasteiger partial charge in [-0.2, -0.15) is 0 Å². The molecule has 0 aliphatic heterocycles. The number of halogens is 2. The zero-order chi connectivity index (χ0) is 20.9. The van der Waals surface area contributed by atoms with Crippen molar-refractivity contribution in [2.45, 2.75) is 44.7 Å². The number of hydrogen-bond acceptors (Lipinski definition) is 4. The van der Waals surface area contributed by atoms with E-state index in [-0.39, 0.29) is 5.82 Å². The van der Waals surface area contributed by atoms with E-state index in [1.807, 2.05) is 30.3 Å². The zero-order valence-electron chi connectivity index (χ0n) is 17.1. The summed E-state index contributed by atoms with van der Waals surface area (Å²) in [4.78, 5) is 10.9. The highest BCUT2D eigenvalue weighted by molar-refractivity contribution is 6.33. The van der Waals surface area contributed by atoms with Crippen molar-refractivity contribution >= 4 is 23.1 Å². The van der Waals surface area contributed by atoms with Crippen LogP contribution in [0.5, 0.6) is 0 Å². The van der Waals surface area contributed by atoms with Crippen LogP contribution in [0.1, 0.15) is 37.7 Å². The summed E-state index contributed by atoms with van der Waals surface area (Å²) in [5.74, 6) is 0.620. The molecule has 6 heteroatoms. The van der Waals surface area contributed by atoms with Crippen molar-refractivity contribution in [2.75, 3.05) is 17.3 Å². The fourth-order valence-corrected chi connectivity index (χ4v) is 4.19. The highest BCUT2D eigenvalue weighted by Gasteiger charge is 2.15. The van der Waals surface area contributed by atoms with Crippen LogP contribution in [-0.4, -0.2) is 23.1 Å². The van der Waals surface area contributed by atoms with Crippen LogP contribution in [0.4, 0.5) is 15.9 Å². The lowest BCUT2D eigenvalue weighted by molar-refractivity contribution is 0.462. The molecule has 1 aliphatic carbocycles. The quantitative estimate of drug-likeness (QED) is 0.502. The molecule has 2 heterocycles. The van der Waals surface area contributed by atoms with Crippen LogP contribution < -0.4 is 10.2 Å². The second kappa shape index (κ2) is 9.43. The minimum atomic E-state index is -0.227. The highest BCUT2D eigenvalue weighted by atomic mass is 35.5. The Kier molecular flexibility index (Phi) is 6.48. The molecule has 1 saturated carbocycles. The summed E-state index contributed by atoms with van der Waals surface area (Å²) in [5, 5.41) is 4.15. The molecule has 0 unspecified atom stereocenters. The summed E-state index contributed by atoms with van der Waals surface area (Å²) < 4.78 is 13.5. The molecule has 156 valence electrons. The normalized spacial score (nSPS) is 14.5. The summed E-state index contributed by atoms with van der Waals surface area (Å²) >= 11 is 6.48. The Morgan fingerprint density at radius 2 is 1.93 bits per heavy atom. The maximum Gasteiger partial charge on any atom is 0.126 e. The van der Waals surface area contributed by atoms with E-state index in [9.17, 15) is 4.39 Å². The van der Waals surface area contributed by atoms with Gasteiger partial charge in [0.15, 0.2) is 0 Å². The van der Waals surface area contributed by atoms with Crippen LogP contribution in [0.25, 0.3) is 11.1 Å². The van der Waals surface area contributed by atoms with Gasteiger partial charge in [-0.05, 0) is 42.7 Å². The zero-order valence-corrected chi connectivity index (χ0v) is 17.9. The highest BCUT2D eigenvalue weighted by Crippen LogP contribution is 2.32. The average Bonchev–Trinajstić information content (AvgIpc) is 2.76. The van der Waals surface area contributed by atoms with Crippen molar-refractivity contribution in [2.24, 2.45) is 0 Å². The number of hydrogen-bond donors (Lipinski definition) is 1. The summed E-state index contributed by atoms with van der Waals surface area (Å²) in [5.41, 5.74) is 3.67. The molecule has 30 heavy (non-hydrogen) atoms. The van der Waals surface area contributed by atoms with Gasteiger partial charge in [-0.1, -0.05) is 43.0 Å². The molecule has 0 spiro atoms. The summed E-state index contributed by atoms with van der Waals surface area (Å²) in [6.45, 7) is 0.585. The van der Waals surface area contributed by atoms with Crippen LogP contribution in [0.3, 0.4) is 0 Å². The molecule has 0 saturated heterocycles. The average molecular weight is 425 g/mol. The Hall–Kier alpha value is -2.66. The molecule has 0 bridgehead atoms. The first-order valence-corrected chi connectivity index (χ1v) is 10.8. The van der Waals surface area contributed by atoms with E-state index >= 15 is 0 Å². The monoisotopic (exact) mass is 424 g/mol. The number of pyridine rings is 2. The lowest BCUT2D eigenvalue weighted by Gasteiger charge is -2.23. The molecule has 4 nitrogen and oxygen atoms in total. The van der Waals surface area contributed by atoms with Gasteiger partial charge < -0.3 is 10.2 Å². The van der Waals surface area contributed by atoms with Crippen LogP contribution in [-0.2, 0) is 6.54 Å². The van der Waals surface area contributed by atoms with Gasteiger partial charge in [-0.3, -0.25) is 4.98 Å². The number of aromatic nitrogens is 2. The number of benzene rings is 1. The van der Waals surface area contributed by atoms with Crippen molar-refractivity contribution in [3.8, 4) is 11.1 Å². The van der Waals surface area contributed by atoms with Crippen LogP contribution in [0.2, 0.25) is 5.02 Å². The third kappa shape index (κ3) is 5.08. The molecule has 1 aliphatic rings. The predicted octanol–water partition coefficient (Wildman–Crippen LogP) is 6.32. The van der Waals surface area contributed by atoms with Gasteiger partial charge >= 0.3 is 0 Å². The largest absolute Gasteiger partial charge is 0.369 e. The Balaban J connectivity index is 1.54. The molecule has 2 aromatic heterocycles. The predicted molar refractivity (Wildman–Crippen MR) is 121 cm³/mol. The van der Waals surface area contributed by atoms with Gasteiger partial charge in [0.25, 0.3) is 0 Å². The molecule has 0 radical (unpaired) electrons. The van der Waals surface area contributed by atoms with Crippen LogP contribution in [0, 0.1) is 5.82 Å². The first-order valence-electron chi connectivity index (χ1n) is 10.4. The molecule has 0 amide bonds. The van der Waals surface area contributed by atoms with Crippen molar-refractivity contribution in [3.63, 3.8) is 0 Å². The summed E-state index contributed by atoms with van der Waals surface area (Å²) in [6, 6.07) is 11.2. The fraction of sp³-hybridized carbons (Fsp3) is 0.333. The van der Waals surface area contributed by atoms with Gasteiger partial charge in [-0.15, -0.1) is 0 Å². The number of anilines is 2. The first kappa shape index (κ1) is 20.6. The van der Waals surface area contributed by atoms with Crippen molar-refractivity contribution in [1.29, 1.82) is 0 Å². The Bertz CT molecular complexity index is 1000. The molecule has 1 aromatic carbocycles. The van der Waals surface area contributed by atoms with Gasteiger partial charge in [0, 0.05) is 43.2 Å². The van der Waals surface area contributed by atoms with Crippen molar-refractivity contribution in [1.82, 2.24) is 9.97 Å². The minimum Gasteiger partial charge on any atom is -0.369 e. The Labute approximate surface area is 182 Å². The summed E-state index contributed by atoms with van der Waals surface area (Å²) in [7, 11) is 1.97.